The van der Waals surface area contributed by atoms with Crippen LogP contribution < -0.4 is 0 Å². The van der Waals surface area contributed by atoms with Crippen molar-refractivity contribution < 1.29 is 35.5 Å². The summed E-state index contributed by atoms with van der Waals surface area (Å²) in [5.74, 6) is -4.88. The molecule has 0 aromatic rings. The van der Waals surface area contributed by atoms with Crippen LogP contribution in [0.5, 0.6) is 0 Å². The number of carbonyl (C=O) groups excluding carboxylic acids is 1. The number of esters is 1. The summed E-state index contributed by atoms with van der Waals surface area (Å²) in [6.07, 6.45) is 0.568. The van der Waals surface area contributed by atoms with Crippen molar-refractivity contribution in [2.75, 3.05) is 6.61 Å². The molecule has 0 spiro atoms. The quantitative estimate of drug-likeness (QED) is 0.278. The second kappa shape index (κ2) is 8.84. The Morgan fingerprint density at radius 2 is 1.39 bits per heavy atom. The van der Waals surface area contributed by atoms with Crippen LogP contribution in [-0.4, -0.2) is 32.2 Å². The van der Waals surface area contributed by atoms with Gasteiger partial charge in [0.15, 0.2) is 0 Å². The minimum Gasteiger partial charge on any atom is -0.465 e. The average Bonchev–Trinajstić information content (AvgIpc) is 2.39. The normalized spacial score (nSPS) is 13.4. The summed E-state index contributed by atoms with van der Waals surface area (Å²) in [7, 11) is -4.51. The molecule has 0 saturated carbocycles. The maximum absolute atomic E-state index is 13.1. The van der Waals surface area contributed by atoms with Crippen molar-refractivity contribution in [3.63, 3.8) is 0 Å². The highest BCUT2D eigenvalue weighted by Crippen LogP contribution is 2.38. The van der Waals surface area contributed by atoms with Gasteiger partial charge in [-0.1, -0.05) is 19.3 Å². The van der Waals surface area contributed by atoms with E-state index in [1.807, 2.05) is 0 Å². The van der Waals surface area contributed by atoms with Crippen molar-refractivity contribution >= 4 is 16.7 Å². The standard InChI is InChI=1S/C14H24F4O4S/c1-12(2,3)11(19)22-10-8-6-4-5-7-9-13(15,16)14(17,18)23(20)21/h23H,4-10H2,1-3H3. The van der Waals surface area contributed by atoms with E-state index in [0.717, 1.165) is 0 Å². The molecule has 0 rings (SSSR count). The lowest BCUT2D eigenvalue weighted by atomic mass is 9.97. The summed E-state index contributed by atoms with van der Waals surface area (Å²) >= 11 is 0. The molecule has 4 nitrogen and oxygen atoms in total. The van der Waals surface area contributed by atoms with Gasteiger partial charge in [-0.05, 0) is 33.6 Å². The first-order valence-corrected chi connectivity index (χ1v) is 8.57. The number of unbranched alkanes of at least 4 members (excludes halogenated alkanes) is 4. The lowest BCUT2D eigenvalue weighted by Gasteiger charge is -2.21. The van der Waals surface area contributed by atoms with Gasteiger partial charge in [0.2, 0.25) is 10.7 Å². The zero-order valence-corrected chi connectivity index (χ0v) is 14.4. The molecule has 0 amide bonds. The Kier molecular flexibility index (Phi) is 8.51. The van der Waals surface area contributed by atoms with E-state index >= 15 is 0 Å². The molecule has 0 saturated heterocycles. The third kappa shape index (κ3) is 7.50. The number of halogens is 4. The summed E-state index contributed by atoms with van der Waals surface area (Å²) in [6, 6.07) is 0. The lowest BCUT2D eigenvalue weighted by molar-refractivity contribution is -0.159. The number of carbonyl (C=O) groups is 1. The highest BCUT2D eigenvalue weighted by atomic mass is 32.2. The Labute approximate surface area is 135 Å². The first-order valence-electron chi connectivity index (χ1n) is 7.40. The SMILES string of the molecule is CC(C)(C)C(=O)OCCCCCCCC(F)(F)C(F)(F)[SH](=O)=O. The number of hydrogen-bond acceptors (Lipinski definition) is 4. The molecular weight excluding hydrogens is 340 g/mol. The van der Waals surface area contributed by atoms with Crippen molar-refractivity contribution in [3.05, 3.63) is 0 Å². The number of thiol groups is 1. The molecule has 0 aliphatic rings. The Bertz CT molecular complexity index is 448. The first-order chi connectivity index (χ1) is 10.3. The van der Waals surface area contributed by atoms with Gasteiger partial charge in [-0.2, -0.15) is 17.6 Å². The van der Waals surface area contributed by atoms with E-state index in [9.17, 15) is 30.8 Å². The third-order valence-electron chi connectivity index (χ3n) is 3.15. The van der Waals surface area contributed by atoms with Gasteiger partial charge in [0.1, 0.15) is 0 Å². The summed E-state index contributed by atoms with van der Waals surface area (Å²) in [5, 5.41) is -5.01. The molecule has 0 aliphatic carbocycles. The van der Waals surface area contributed by atoms with E-state index in [2.05, 4.69) is 0 Å². The molecule has 9 heteroatoms. The summed E-state index contributed by atoms with van der Waals surface area (Å²) in [5.41, 5.74) is -0.584. The van der Waals surface area contributed by atoms with E-state index in [4.69, 9.17) is 4.74 Å². The van der Waals surface area contributed by atoms with Gasteiger partial charge in [0, 0.05) is 6.42 Å². The van der Waals surface area contributed by atoms with Crippen LogP contribution in [0.3, 0.4) is 0 Å². The van der Waals surface area contributed by atoms with Crippen LogP contribution in [0.2, 0.25) is 0 Å². The van der Waals surface area contributed by atoms with Crippen LogP contribution in [-0.2, 0) is 20.2 Å². The Morgan fingerprint density at radius 3 is 1.87 bits per heavy atom. The highest BCUT2D eigenvalue weighted by Gasteiger charge is 2.58. The molecule has 0 aromatic carbocycles. The van der Waals surface area contributed by atoms with Crippen molar-refractivity contribution in [3.8, 4) is 0 Å². The number of alkyl halides is 4. The van der Waals surface area contributed by atoms with Gasteiger partial charge >= 0.3 is 17.1 Å². The van der Waals surface area contributed by atoms with E-state index in [1.54, 1.807) is 20.8 Å². The van der Waals surface area contributed by atoms with Gasteiger partial charge in [0.25, 0.3) is 0 Å². The van der Waals surface area contributed by atoms with Crippen LogP contribution in [0.15, 0.2) is 0 Å². The smallest absolute Gasteiger partial charge is 0.404 e. The summed E-state index contributed by atoms with van der Waals surface area (Å²) < 4.78 is 77.1. The fraction of sp³-hybridized carbons (Fsp3) is 0.929. The molecule has 0 radical (unpaired) electrons. The minimum atomic E-state index is -5.01. The Morgan fingerprint density at radius 1 is 0.913 bits per heavy atom. The van der Waals surface area contributed by atoms with Gasteiger partial charge in [-0.3, -0.25) is 4.79 Å². The molecule has 0 atom stereocenters. The zero-order chi connectivity index (χ0) is 18.3. The molecular formula is C14H24F4O4S. The minimum absolute atomic E-state index is 0.201. The molecule has 0 N–H and O–H groups in total. The maximum Gasteiger partial charge on any atom is 0.404 e. The van der Waals surface area contributed by atoms with Gasteiger partial charge in [0.05, 0.1) is 12.0 Å². The predicted octanol–water partition coefficient (Wildman–Crippen LogP) is 3.76. The Balaban J connectivity index is 3.85. The topological polar surface area (TPSA) is 60.4 Å². The molecule has 0 heterocycles. The van der Waals surface area contributed by atoms with Gasteiger partial charge in [-0.15, -0.1) is 0 Å². The fourth-order valence-corrected chi connectivity index (χ4v) is 2.02. The first kappa shape index (κ1) is 22.1. The highest BCUT2D eigenvalue weighted by molar-refractivity contribution is 7.73. The van der Waals surface area contributed by atoms with E-state index in [-0.39, 0.29) is 25.4 Å². The van der Waals surface area contributed by atoms with Crippen LogP contribution in [0.1, 0.15) is 59.3 Å². The molecule has 0 fully saturated rings. The van der Waals surface area contributed by atoms with Crippen molar-refractivity contribution in [2.24, 2.45) is 5.41 Å². The number of hydrogen-bond donors (Lipinski definition) is 1. The molecule has 138 valence electrons. The van der Waals surface area contributed by atoms with Gasteiger partial charge < -0.3 is 4.74 Å². The monoisotopic (exact) mass is 364 g/mol. The van der Waals surface area contributed by atoms with Crippen molar-refractivity contribution in [2.45, 2.75) is 70.5 Å². The molecule has 23 heavy (non-hydrogen) atoms. The molecule has 0 aromatic heterocycles. The molecule has 0 aliphatic heterocycles. The van der Waals surface area contributed by atoms with Crippen molar-refractivity contribution in [1.82, 2.24) is 0 Å². The van der Waals surface area contributed by atoms with E-state index in [0.29, 0.717) is 19.3 Å². The third-order valence-corrected chi connectivity index (χ3v) is 3.94. The number of ether oxygens (including phenoxy) is 1. The predicted molar refractivity (Wildman–Crippen MR) is 78.3 cm³/mol. The summed E-state index contributed by atoms with van der Waals surface area (Å²) in [6.45, 7) is 5.39. The van der Waals surface area contributed by atoms with E-state index < -0.39 is 33.7 Å². The fourth-order valence-electron chi connectivity index (χ4n) is 1.64. The maximum atomic E-state index is 13.1. The Hall–Kier alpha value is -0.860. The lowest BCUT2D eigenvalue weighted by Crippen LogP contribution is -2.41. The van der Waals surface area contributed by atoms with Crippen LogP contribution in [0.25, 0.3) is 0 Å². The average molecular weight is 364 g/mol. The molecule has 0 unspecified atom stereocenters. The van der Waals surface area contributed by atoms with Gasteiger partial charge in [-0.25, -0.2) is 8.42 Å². The number of rotatable bonds is 10. The zero-order valence-electron chi connectivity index (χ0n) is 13.5. The van der Waals surface area contributed by atoms with Crippen LogP contribution in [0, 0.1) is 5.41 Å². The second-order valence-electron chi connectivity index (χ2n) is 6.41. The van der Waals surface area contributed by atoms with Crippen molar-refractivity contribution in [1.29, 1.82) is 0 Å². The largest absolute Gasteiger partial charge is 0.465 e. The second-order valence-corrected chi connectivity index (χ2v) is 7.48. The molecule has 0 bridgehead atoms. The van der Waals surface area contributed by atoms with Crippen LogP contribution >= 0.6 is 0 Å². The van der Waals surface area contributed by atoms with Crippen LogP contribution in [0.4, 0.5) is 17.6 Å². The van der Waals surface area contributed by atoms with E-state index in [1.165, 1.54) is 0 Å². The summed E-state index contributed by atoms with van der Waals surface area (Å²) in [4.78, 5) is 11.4.